The van der Waals surface area contributed by atoms with Gasteiger partial charge in [-0.25, -0.2) is 0 Å². The second kappa shape index (κ2) is 8.41. The maximum atomic E-state index is 13.0. The smallest absolute Gasteiger partial charge is 0.289 e. The minimum Gasteiger partial charge on any atom is -0.443 e. The SMILES string of the molecule is CC(C)(O)C#Cc1ccc(C(=O)N2CCCCC2CCc2ccccn2)o1. The van der Waals surface area contributed by atoms with Gasteiger partial charge in [0.05, 0.1) is 0 Å². The number of furan rings is 1. The van der Waals surface area contributed by atoms with Gasteiger partial charge >= 0.3 is 0 Å². The summed E-state index contributed by atoms with van der Waals surface area (Å²) < 4.78 is 5.62. The number of nitrogens with zero attached hydrogens (tertiary/aromatic N) is 2. The van der Waals surface area contributed by atoms with Gasteiger partial charge in [0.25, 0.3) is 5.91 Å². The molecule has 0 bridgehead atoms. The Hall–Kier alpha value is -2.58. The number of aryl methyl sites for hydroxylation is 1. The first-order valence-corrected chi connectivity index (χ1v) is 9.49. The summed E-state index contributed by atoms with van der Waals surface area (Å²) in [6.07, 6.45) is 6.71. The minimum atomic E-state index is -1.10. The largest absolute Gasteiger partial charge is 0.443 e. The van der Waals surface area contributed by atoms with E-state index in [1.807, 2.05) is 23.1 Å². The lowest BCUT2D eigenvalue weighted by molar-refractivity contribution is 0.0568. The molecule has 0 saturated carbocycles. The predicted octanol–water partition coefficient (Wildman–Crippen LogP) is 3.42. The summed E-state index contributed by atoms with van der Waals surface area (Å²) in [5.41, 5.74) is -0.0434. The van der Waals surface area contributed by atoms with Crippen LogP contribution < -0.4 is 0 Å². The van der Waals surface area contributed by atoms with Crippen molar-refractivity contribution in [1.82, 2.24) is 9.88 Å². The molecule has 1 fully saturated rings. The summed E-state index contributed by atoms with van der Waals surface area (Å²) in [6, 6.07) is 9.47. The van der Waals surface area contributed by atoms with Crippen LogP contribution in [0, 0.1) is 11.8 Å². The highest BCUT2D eigenvalue weighted by atomic mass is 16.4. The van der Waals surface area contributed by atoms with Crippen LogP contribution in [0.5, 0.6) is 0 Å². The Bertz CT molecular complexity index is 824. The fraction of sp³-hybridized carbons (Fsp3) is 0.455. The van der Waals surface area contributed by atoms with Gasteiger partial charge in [-0.2, -0.15) is 0 Å². The summed E-state index contributed by atoms with van der Waals surface area (Å²) >= 11 is 0. The van der Waals surface area contributed by atoms with E-state index in [4.69, 9.17) is 4.42 Å². The van der Waals surface area contributed by atoms with E-state index < -0.39 is 5.60 Å². The van der Waals surface area contributed by atoms with Crippen LogP contribution in [-0.2, 0) is 6.42 Å². The molecule has 3 rings (SSSR count). The monoisotopic (exact) mass is 366 g/mol. The number of carbonyl (C=O) groups excluding carboxylic acids is 1. The van der Waals surface area contributed by atoms with Crippen molar-refractivity contribution in [3.8, 4) is 11.8 Å². The summed E-state index contributed by atoms with van der Waals surface area (Å²) in [6.45, 7) is 3.96. The van der Waals surface area contributed by atoms with Gasteiger partial charge < -0.3 is 14.4 Å². The van der Waals surface area contributed by atoms with Gasteiger partial charge in [-0.15, -0.1) is 0 Å². The van der Waals surface area contributed by atoms with Crippen LogP contribution in [0.1, 0.15) is 61.5 Å². The highest BCUT2D eigenvalue weighted by Gasteiger charge is 2.29. The number of pyridine rings is 1. The zero-order valence-corrected chi connectivity index (χ0v) is 15.9. The highest BCUT2D eigenvalue weighted by Crippen LogP contribution is 2.24. The maximum Gasteiger partial charge on any atom is 0.289 e. The van der Waals surface area contributed by atoms with Gasteiger partial charge in [0.1, 0.15) is 5.60 Å². The van der Waals surface area contributed by atoms with E-state index in [0.717, 1.165) is 44.3 Å². The van der Waals surface area contributed by atoms with Gasteiger partial charge in [0.15, 0.2) is 11.5 Å². The Kier molecular flexibility index (Phi) is 5.98. The van der Waals surface area contributed by atoms with E-state index in [2.05, 4.69) is 16.8 Å². The van der Waals surface area contributed by atoms with Gasteiger partial charge in [0.2, 0.25) is 0 Å². The van der Waals surface area contributed by atoms with E-state index in [9.17, 15) is 9.90 Å². The zero-order chi connectivity index (χ0) is 19.3. The van der Waals surface area contributed by atoms with Crippen LogP contribution >= 0.6 is 0 Å². The van der Waals surface area contributed by atoms with Crippen molar-refractivity contribution in [1.29, 1.82) is 0 Å². The molecule has 142 valence electrons. The molecule has 0 spiro atoms. The normalized spacial score (nSPS) is 17.3. The first-order valence-electron chi connectivity index (χ1n) is 9.49. The third kappa shape index (κ3) is 5.45. The fourth-order valence-electron chi connectivity index (χ4n) is 3.30. The summed E-state index contributed by atoms with van der Waals surface area (Å²) in [7, 11) is 0. The lowest BCUT2D eigenvalue weighted by Crippen LogP contribution is -2.43. The van der Waals surface area contributed by atoms with E-state index in [1.54, 1.807) is 32.2 Å². The molecule has 0 aromatic carbocycles. The topological polar surface area (TPSA) is 66.6 Å². The van der Waals surface area contributed by atoms with Crippen molar-refractivity contribution in [3.63, 3.8) is 0 Å². The number of likely N-dealkylation sites (tertiary alicyclic amines) is 1. The van der Waals surface area contributed by atoms with E-state index >= 15 is 0 Å². The Labute approximate surface area is 160 Å². The molecule has 5 nitrogen and oxygen atoms in total. The molecule has 1 atom stereocenters. The number of amides is 1. The van der Waals surface area contributed by atoms with Crippen LogP contribution in [0.15, 0.2) is 40.9 Å². The number of hydrogen-bond donors (Lipinski definition) is 1. The van der Waals surface area contributed by atoms with E-state index in [-0.39, 0.29) is 11.9 Å². The van der Waals surface area contributed by atoms with Crippen LogP contribution in [0.3, 0.4) is 0 Å². The Balaban J connectivity index is 1.68. The van der Waals surface area contributed by atoms with Crippen molar-refractivity contribution < 1.29 is 14.3 Å². The quantitative estimate of drug-likeness (QED) is 0.842. The lowest BCUT2D eigenvalue weighted by Gasteiger charge is -2.35. The van der Waals surface area contributed by atoms with Gasteiger partial charge in [-0.1, -0.05) is 12.0 Å². The van der Waals surface area contributed by atoms with Crippen molar-refractivity contribution in [2.24, 2.45) is 0 Å². The van der Waals surface area contributed by atoms with Crippen LogP contribution in [0.2, 0.25) is 0 Å². The number of aliphatic hydroxyl groups is 1. The molecule has 2 aromatic heterocycles. The number of hydrogen-bond acceptors (Lipinski definition) is 4. The molecular weight excluding hydrogens is 340 g/mol. The molecule has 5 heteroatoms. The number of carbonyl (C=O) groups is 1. The molecule has 27 heavy (non-hydrogen) atoms. The summed E-state index contributed by atoms with van der Waals surface area (Å²) in [5.74, 6) is 6.08. The highest BCUT2D eigenvalue weighted by molar-refractivity contribution is 5.92. The van der Waals surface area contributed by atoms with Gasteiger partial charge in [-0.05, 0) is 76.1 Å². The molecule has 0 radical (unpaired) electrons. The molecular formula is C22H26N2O3. The molecule has 1 aliphatic rings. The molecule has 1 unspecified atom stereocenters. The first-order chi connectivity index (χ1) is 12.9. The van der Waals surface area contributed by atoms with Crippen LogP contribution in [0.4, 0.5) is 0 Å². The van der Waals surface area contributed by atoms with Crippen molar-refractivity contribution in [2.75, 3.05) is 6.54 Å². The lowest BCUT2D eigenvalue weighted by atomic mass is 9.96. The predicted molar refractivity (Wildman–Crippen MR) is 103 cm³/mol. The summed E-state index contributed by atoms with van der Waals surface area (Å²) in [5, 5.41) is 9.69. The maximum absolute atomic E-state index is 13.0. The van der Waals surface area contributed by atoms with Crippen LogP contribution in [-0.4, -0.2) is 39.1 Å². The molecule has 2 aromatic rings. The third-order valence-corrected chi connectivity index (χ3v) is 4.66. The van der Waals surface area contributed by atoms with Crippen molar-refractivity contribution in [3.05, 3.63) is 53.7 Å². The number of piperidine rings is 1. The fourth-order valence-corrected chi connectivity index (χ4v) is 3.30. The molecule has 1 amide bonds. The van der Waals surface area contributed by atoms with Gasteiger partial charge in [-0.3, -0.25) is 9.78 Å². The molecule has 1 N–H and O–H groups in total. The minimum absolute atomic E-state index is 0.0861. The van der Waals surface area contributed by atoms with Crippen molar-refractivity contribution >= 4 is 5.91 Å². The van der Waals surface area contributed by atoms with E-state index in [1.165, 1.54) is 0 Å². The second-order valence-electron chi connectivity index (χ2n) is 7.48. The number of rotatable bonds is 4. The second-order valence-corrected chi connectivity index (χ2v) is 7.48. The molecule has 0 aliphatic carbocycles. The number of aromatic nitrogens is 1. The summed E-state index contributed by atoms with van der Waals surface area (Å²) in [4.78, 5) is 19.3. The van der Waals surface area contributed by atoms with E-state index in [0.29, 0.717) is 11.5 Å². The van der Waals surface area contributed by atoms with Crippen LogP contribution in [0.25, 0.3) is 0 Å². The average Bonchev–Trinajstić information content (AvgIpc) is 3.14. The Morgan fingerprint density at radius 1 is 1.33 bits per heavy atom. The average molecular weight is 366 g/mol. The standard InChI is InChI=1S/C22H26N2O3/c1-22(2,26)14-13-19-11-12-20(27-19)21(25)24-16-6-4-8-18(24)10-9-17-7-3-5-15-23-17/h3,5,7,11-12,15,18,26H,4,6,8-10,16H2,1-2H3. The van der Waals surface area contributed by atoms with Gasteiger partial charge in [0, 0.05) is 24.5 Å². The Morgan fingerprint density at radius 3 is 2.93 bits per heavy atom. The molecule has 3 heterocycles. The molecule has 1 aliphatic heterocycles. The first kappa shape index (κ1) is 19.2. The molecule has 1 saturated heterocycles. The third-order valence-electron chi connectivity index (χ3n) is 4.66. The van der Waals surface area contributed by atoms with Crippen molar-refractivity contribution in [2.45, 2.75) is 57.6 Å². The Morgan fingerprint density at radius 2 is 2.19 bits per heavy atom. The zero-order valence-electron chi connectivity index (χ0n) is 15.9.